The van der Waals surface area contributed by atoms with Crippen molar-refractivity contribution < 1.29 is 0 Å². The summed E-state index contributed by atoms with van der Waals surface area (Å²) >= 11 is 0. The molecule has 0 fully saturated rings. The van der Waals surface area contributed by atoms with Crippen LogP contribution >= 0.6 is 0 Å². The summed E-state index contributed by atoms with van der Waals surface area (Å²) < 4.78 is 0. The normalized spacial score (nSPS) is 16.9. The van der Waals surface area contributed by atoms with E-state index < -0.39 is 0 Å². The van der Waals surface area contributed by atoms with Crippen LogP contribution in [0.15, 0.2) is 48.5 Å². The van der Waals surface area contributed by atoms with Crippen LogP contribution in [0.25, 0.3) is 11.4 Å². The maximum absolute atomic E-state index is 6.70. The molecule has 4 N–H and O–H groups in total. The number of nitrogens with zero attached hydrogens (tertiary/aromatic N) is 2. The number of rotatable bonds is 4. The predicted molar refractivity (Wildman–Crippen MR) is 106 cm³/mol. The summed E-state index contributed by atoms with van der Waals surface area (Å²) in [5, 5.41) is 1.80. The lowest BCUT2D eigenvalue weighted by Crippen LogP contribution is -2.36. The number of nitrogens with two attached hydrogens (primary N) is 2. The minimum Gasteiger partial charge on any atom is -0.396 e. The van der Waals surface area contributed by atoms with Crippen LogP contribution in [0.5, 0.6) is 0 Å². The Morgan fingerprint density at radius 3 is 2.36 bits per heavy atom. The zero-order chi connectivity index (χ0) is 18.0. The zero-order valence-electron chi connectivity index (χ0n) is 15.4. The first kappa shape index (κ1) is 17.4. The third-order valence-electron chi connectivity index (χ3n) is 4.75. The van der Waals surface area contributed by atoms with Gasteiger partial charge in [0, 0.05) is 35.9 Å². The van der Waals surface area contributed by atoms with Gasteiger partial charge in [0.15, 0.2) is 0 Å². The van der Waals surface area contributed by atoms with E-state index in [2.05, 4.69) is 68.1 Å². The van der Waals surface area contributed by atoms with Crippen molar-refractivity contribution in [1.29, 1.82) is 0 Å². The van der Waals surface area contributed by atoms with Crippen LogP contribution in [0.3, 0.4) is 0 Å². The fraction of sp³-hybridized carbons (Fsp3) is 0.333. The molecule has 4 nitrogen and oxygen atoms in total. The Hall–Kier alpha value is -2.46. The molecular weight excluding hydrogens is 308 g/mol. The average molecular weight is 336 g/mol. The molecule has 0 unspecified atom stereocenters. The molecule has 1 aliphatic rings. The summed E-state index contributed by atoms with van der Waals surface area (Å²) in [5.41, 5.74) is 12.9. The summed E-state index contributed by atoms with van der Waals surface area (Å²) in [7, 11) is 0. The fourth-order valence-electron chi connectivity index (χ4n) is 3.51. The molecule has 4 heteroatoms. The standard InChI is InChI=1S/C21H28N4/c1-4-13-25(23)21-17-10-6-5-9-16(17)14-24(15(2)3)19-12-8-7-11-18(19)20(21)22/h5-12,15H,4,13-14,22-23H2,1-3H3/b21-20-. The molecule has 2 aromatic carbocycles. The van der Waals surface area contributed by atoms with Crippen molar-refractivity contribution in [1.82, 2.24) is 5.01 Å². The van der Waals surface area contributed by atoms with Crippen molar-refractivity contribution >= 4 is 17.1 Å². The van der Waals surface area contributed by atoms with E-state index in [0.717, 1.165) is 47.7 Å². The van der Waals surface area contributed by atoms with Crippen molar-refractivity contribution in [3.8, 4) is 0 Å². The number of hydrogen-bond donors (Lipinski definition) is 2. The maximum atomic E-state index is 6.70. The number of anilines is 1. The Morgan fingerprint density at radius 2 is 1.68 bits per heavy atom. The highest BCUT2D eigenvalue weighted by Crippen LogP contribution is 2.36. The van der Waals surface area contributed by atoms with Crippen LogP contribution in [0.2, 0.25) is 0 Å². The largest absolute Gasteiger partial charge is 0.396 e. The monoisotopic (exact) mass is 336 g/mol. The lowest BCUT2D eigenvalue weighted by atomic mass is 9.95. The Kier molecular flexibility index (Phi) is 5.00. The molecule has 0 saturated carbocycles. The van der Waals surface area contributed by atoms with Gasteiger partial charge in [0.05, 0.1) is 11.4 Å². The summed E-state index contributed by atoms with van der Waals surface area (Å²) in [5.74, 6) is 6.42. The van der Waals surface area contributed by atoms with E-state index in [1.165, 1.54) is 5.56 Å². The van der Waals surface area contributed by atoms with E-state index in [0.29, 0.717) is 6.04 Å². The molecule has 132 valence electrons. The quantitative estimate of drug-likeness (QED) is 0.659. The maximum Gasteiger partial charge on any atom is 0.0829 e. The van der Waals surface area contributed by atoms with Gasteiger partial charge < -0.3 is 15.6 Å². The summed E-state index contributed by atoms with van der Waals surface area (Å²) in [6.07, 6.45) is 0.967. The van der Waals surface area contributed by atoms with Crippen LogP contribution in [-0.4, -0.2) is 17.6 Å². The first-order valence-corrected chi connectivity index (χ1v) is 9.00. The van der Waals surface area contributed by atoms with Crippen LogP contribution in [-0.2, 0) is 6.54 Å². The van der Waals surface area contributed by atoms with Crippen molar-refractivity contribution in [3.63, 3.8) is 0 Å². The molecule has 1 aliphatic heterocycles. The van der Waals surface area contributed by atoms with Crippen LogP contribution in [0.1, 0.15) is 43.9 Å². The third kappa shape index (κ3) is 3.22. The Morgan fingerprint density at radius 1 is 1.04 bits per heavy atom. The van der Waals surface area contributed by atoms with Gasteiger partial charge in [-0.1, -0.05) is 49.4 Å². The Bertz CT molecular complexity index is 779. The first-order valence-electron chi connectivity index (χ1n) is 9.00. The van der Waals surface area contributed by atoms with Crippen LogP contribution in [0.4, 0.5) is 5.69 Å². The van der Waals surface area contributed by atoms with Gasteiger partial charge in [-0.3, -0.25) is 0 Å². The van der Waals surface area contributed by atoms with Gasteiger partial charge in [-0.15, -0.1) is 0 Å². The van der Waals surface area contributed by atoms with E-state index >= 15 is 0 Å². The van der Waals surface area contributed by atoms with Gasteiger partial charge in [0.1, 0.15) is 0 Å². The molecule has 0 atom stereocenters. The third-order valence-corrected chi connectivity index (χ3v) is 4.75. The Labute approximate surface area is 150 Å². The molecule has 0 amide bonds. The summed E-state index contributed by atoms with van der Waals surface area (Å²) in [4.78, 5) is 2.40. The molecule has 0 aromatic heterocycles. The van der Waals surface area contributed by atoms with E-state index in [4.69, 9.17) is 11.6 Å². The lowest BCUT2D eigenvalue weighted by Gasteiger charge is -2.36. The van der Waals surface area contributed by atoms with E-state index in [-0.39, 0.29) is 0 Å². The van der Waals surface area contributed by atoms with Crippen LogP contribution < -0.4 is 16.5 Å². The van der Waals surface area contributed by atoms with Crippen molar-refractivity contribution in [2.24, 2.45) is 11.6 Å². The van der Waals surface area contributed by atoms with Crippen molar-refractivity contribution in [3.05, 3.63) is 65.2 Å². The minimum absolute atomic E-state index is 0.369. The van der Waals surface area contributed by atoms with Crippen molar-refractivity contribution in [2.75, 3.05) is 11.4 Å². The number of hydrazine groups is 1. The molecule has 0 saturated heterocycles. The highest BCUT2D eigenvalue weighted by molar-refractivity contribution is 5.93. The average Bonchev–Trinajstić information content (AvgIpc) is 2.59. The van der Waals surface area contributed by atoms with Crippen LogP contribution in [0, 0.1) is 0 Å². The van der Waals surface area contributed by atoms with Gasteiger partial charge in [-0.05, 0) is 31.9 Å². The second-order valence-electron chi connectivity index (χ2n) is 6.85. The molecule has 0 aliphatic carbocycles. The van der Waals surface area contributed by atoms with E-state index in [1.807, 2.05) is 6.07 Å². The highest BCUT2D eigenvalue weighted by atomic mass is 15.4. The van der Waals surface area contributed by atoms with Gasteiger partial charge in [0.25, 0.3) is 0 Å². The first-order chi connectivity index (χ1) is 12.0. The second-order valence-corrected chi connectivity index (χ2v) is 6.85. The zero-order valence-corrected chi connectivity index (χ0v) is 15.4. The van der Waals surface area contributed by atoms with Crippen molar-refractivity contribution in [2.45, 2.75) is 39.8 Å². The number of benzene rings is 2. The highest BCUT2D eigenvalue weighted by Gasteiger charge is 2.25. The van der Waals surface area contributed by atoms with Gasteiger partial charge in [-0.25, -0.2) is 5.84 Å². The molecule has 25 heavy (non-hydrogen) atoms. The van der Waals surface area contributed by atoms with Gasteiger partial charge >= 0.3 is 0 Å². The minimum atomic E-state index is 0.369. The predicted octanol–water partition coefficient (Wildman–Crippen LogP) is 3.79. The molecule has 0 bridgehead atoms. The molecule has 0 radical (unpaired) electrons. The SMILES string of the molecule is CCCN(N)/C1=C(\N)c2ccccc2N(C(C)C)Cc2ccccc21. The molecule has 1 heterocycles. The molecule has 3 rings (SSSR count). The topological polar surface area (TPSA) is 58.5 Å². The fourth-order valence-corrected chi connectivity index (χ4v) is 3.51. The Balaban J connectivity index is 2.31. The number of fused-ring (bicyclic) bond motifs is 2. The summed E-state index contributed by atoms with van der Waals surface area (Å²) in [6, 6.07) is 17.1. The number of hydrogen-bond acceptors (Lipinski definition) is 4. The molecule has 2 aromatic rings. The number of para-hydroxylation sites is 1. The molecular formula is C21H28N4. The smallest absolute Gasteiger partial charge is 0.0829 e. The molecule has 0 spiro atoms. The van der Waals surface area contributed by atoms with Gasteiger partial charge in [-0.2, -0.15) is 0 Å². The van der Waals surface area contributed by atoms with Gasteiger partial charge in [0.2, 0.25) is 0 Å². The summed E-state index contributed by atoms with van der Waals surface area (Å²) in [6.45, 7) is 8.16. The van der Waals surface area contributed by atoms with E-state index in [1.54, 1.807) is 5.01 Å². The second kappa shape index (κ2) is 7.19. The van der Waals surface area contributed by atoms with E-state index in [9.17, 15) is 0 Å². The lowest BCUT2D eigenvalue weighted by molar-refractivity contribution is 0.415.